The van der Waals surface area contributed by atoms with Crippen molar-refractivity contribution in [1.82, 2.24) is 0 Å². The van der Waals surface area contributed by atoms with Gasteiger partial charge in [0.1, 0.15) is 11.4 Å². The number of hydrogen-bond acceptors (Lipinski definition) is 4. The number of ketones is 2. The second kappa shape index (κ2) is 11.1. The summed E-state index contributed by atoms with van der Waals surface area (Å²) in [7, 11) is 0. The van der Waals surface area contributed by atoms with Crippen LogP contribution in [-0.4, -0.2) is 35.1 Å². The number of carbonyl (C=O) groups is 2. The van der Waals surface area contributed by atoms with E-state index in [1.54, 1.807) is 0 Å². The minimum Gasteiger partial charge on any atom is -0.287 e. The summed E-state index contributed by atoms with van der Waals surface area (Å²) in [6.07, 6.45) is 2.01. The van der Waals surface area contributed by atoms with Crippen molar-refractivity contribution < 1.29 is 9.59 Å². The minimum absolute atomic E-state index is 0.0789. The van der Waals surface area contributed by atoms with Gasteiger partial charge in [-0.1, -0.05) is 142 Å². The molecule has 0 radical (unpaired) electrons. The molecule has 4 heteroatoms. The van der Waals surface area contributed by atoms with Crippen molar-refractivity contribution >= 4 is 23.0 Å². The van der Waals surface area contributed by atoms with Crippen molar-refractivity contribution in [1.29, 1.82) is 0 Å². The van der Waals surface area contributed by atoms with Gasteiger partial charge in [-0.05, 0) is 29.6 Å². The van der Waals surface area contributed by atoms with Crippen LogP contribution in [0.2, 0.25) is 0 Å². The molecule has 2 aliphatic rings. The molecule has 2 bridgehead atoms. The number of nitrogens with zero attached hydrogens (tertiary/aromatic N) is 2. The van der Waals surface area contributed by atoms with Gasteiger partial charge in [0.15, 0.2) is 0 Å². The Morgan fingerprint density at radius 2 is 0.952 bits per heavy atom. The number of fused-ring (bicyclic) bond motifs is 2. The third-order valence-corrected chi connectivity index (χ3v) is 9.91. The van der Waals surface area contributed by atoms with Crippen LogP contribution in [0, 0.1) is 16.7 Å². The quantitative estimate of drug-likeness (QED) is 0.165. The van der Waals surface area contributed by atoms with Gasteiger partial charge in [-0.3, -0.25) is 19.6 Å². The Morgan fingerprint density at radius 3 is 1.38 bits per heavy atom. The van der Waals surface area contributed by atoms with Crippen molar-refractivity contribution in [3.05, 3.63) is 144 Å². The van der Waals surface area contributed by atoms with E-state index < -0.39 is 0 Å². The van der Waals surface area contributed by atoms with Crippen LogP contribution in [0.5, 0.6) is 0 Å². The molecule has 4 atom stereocenters. The first-order chi connectivity index (χ1) is 20.3. The maximum absolute atomic E-state index is 14.0. The average molecular weight is 553 g/mol. The van der Waals surface area contributed by atoms with Crippen LogP contribution >= 0.6 is 0 Å². The molecule has 42 heavy (non-hydrogen) atoms. The van der Waals surface area contributed by atoms with Crippen LogP contribution < -0.4 is 0 Å². The summed E-state index contributed by atoms with van der Waals surface area (Å²) in [6, 6.07) is 37.7. The summed E-state index contributed by atoms with van der Waals surface area (Å²) in [4.78, 5) is 38.8. The first kappa shape index (κ1) is 27.7. The zero-order chi connectivity index (χ0) is 29.3. The normalized spacial score (nSPS) is 24.9. The van der Waals surface area contributed by atoms with Crippen molar-refractivity contribution in [2.24, 2.45) is 26.7 Å². The standard InChI is InChI=1S/C38H36N2O2/c1-37(2)30-24-25-38(37,3)36(40-32(27-18-10-5-11-19-27)35(42)29-22-14-7-15-23-29)33(30)39-31(26-16-8-4-9-17-26)34(41)28-20-12-6-13-21-28/h4-23,30,33,36H,24-25H2,1-3H3/t30-,33-,36+,38-/m0/s1. The molecule has 210 valence electrons. The molecule has 4 nitrogen and oxygen atoms in total. The van der Waals surface area contributed by atoms with E-state index in [0.29, 0.717) is 22.6 Å². The molecule has 2 saturated carbocycles. The predicted molar refractivity (Wildman–Crippen MR) is 170 cm³/mol. The zero-order valence-electron chi connectivity index (χ0n) is 24.4. The molecule has 4 aromatic carbocycles. The SMILES string of the molecule is CC1(C)[C@H]2CC[C@@]1(C)[C@H](N=C(C(=O)c1ccccc1)c1ccccc1)[C@H]2N=C(C(=O)c1ccccc1)c1ccccc1. The number of hydrogen-bond donors (Lipinski definition) is 0. The van der Waals surface area contributed by atoms with Gasteiger partial charge in [0.05, 0.1) is 12.1 Å². The fourth-order valence-electron chi connectivity index (χ4n) is 7.13. The van der Waals surface area contributed by atoms with Gasteiger partial charge in [0.2, 0.25) is 11.6 Å². The lowest BCUT2D eigenvalue weighted by molar-refractivity contribution is 0.105. The molecule has 0 amide bonds. The van der Waals surface area contributed by atoms with Crippen LogP contribution in [0.4, 0.5) is 0 Å². The molecule has 2 fully saturated rings. The molecule has 0 aromatic heterocycles. The molecule has 0 aliphatic heterocycles. The Labute approximate surface area is 248 Å². The maximum atomic E-state index is 14.0. The number of Topliss-reactive ketones (excluding diaryl/α,β-unsaturated/α-hetero) is 2. The number of aliphatic imine (C=N–C) groups is 2. The third-order valence-electron chi connectivity index (χ3n) is 9.91. The maximum Gasteiger partial charge on any atom is 0.211 e. The van der Waals surface area contributed by atoms with Crippen LogP contribution in [-0.2, 0) is 0 Å². The van der Waals surface area contributed by atoms with Gasteiger partial charge in [-0.15, -0.1) is 0 Å². The number of benzene rings is 4. The Morgan fingerprint density at radius 1 is 0.571 bits per heavy atom. The summed E-state index contributed by atoms with van der Waals surface area (Å²) in [6.45, 7) is 6.92. The van der Waals surface area contributed by atoms with E-state index in [1.165, 1.54) is 0 Å². The Bertz CT molecular complexity index is 1640. The monoisotopic (exact) mass is 552 g/mol. The molecular weight excluding hydrogens is 516 g/mol. The fraction of sp³-hybridized carbons (Fsp3) is 0.263. The summed E-state index contributed by atoms with van der Waals surface area (Å²) in [5, 5.41) is 0. The molecular formula is C38H36N2O2. The molecule has 4 aromatic rings. The van der Waals surface area contributed by atoms with E-state index in [4.69, 9.17) is 9.98 Å². The second-order valence-corrected chi connectivity index (χ2v) is 12.3. The van der Waals surface area contributed by atoms with E-state index >= 15 is 0 Å². The van der Waals surface area contributed by atoms with Gasteiger partial charge in [-0.25, -0.2) is 0 Å². The molecule has 6 rings (SSSR count). The van der Waals surface area contributed by atoms with E-state index in [0.717, 1.165) is 24.0 Å². The highest BCUT2D eigenvalue weighted by molar-refractivity contribution is 6.52. The van der Waals surface area contributed by atoms with Crippen LogP contribution in [0.1, 0.15) is 65.5 Å². The minimum atomic E-state index is -0.267. The van der Waals surface area contributed by atoms with E-state index in [2.05, 4.69) is 20.8 Å². The summed E-state index contributed by atoms with van der Waals surface area (Å²) >= 11 is 0. The lowest BCUT2D eigenvalue weighted by Crippen LogP contribution is -2.40. The highest BCUT2D eigenvalue weighted by Gasteiger charge is 2.66. The van der Waals surface area contributed by atoms with Crippen LogP contribution in [0.15, 0.2) is 131 Å². The average Bonchev–Trinajstić information content (AvgIpc) is 3.36. The first-order valence-electron chi connectivity index (χ1n) is 14.8. The van der Waals surface area contributed by atoms with Gasteiger partial charge >= 0.3 is 0 Å². The van der Waals surface area contributed by atoms with Gasteiger partial charge in [-0.2, -0.15) is 0 Å². The molecule has 0 unspecified atom stereocenters. The van der Waals surface area contributed by atoms with Crippen molar-refractivity contribution in [3.8, 4) is 0 Å². The lowest BCUT2D eigenvalue weighted by atomic mass is 9.69. The Kier molecular flexibility index (Phi) is 7.32. The van der Waals surface area contributed by atoms with E-state index in [1.807, 2.05) is 121 Å². The van der Waals surface area contributed by atoms with Gasteiger partial charge in [0.25, 0.3) is 0 Å². The van der Waals surface area contributed by atoms with Crippen LogP contribution in [0.3, 0.4) is 0 Å². The molecule has 0 saturated heterocycles. The Balaban J connectivity index is 1.53. The largest absolute Gasteiger partial charge is 0.287 e. The van der Waals surface area contributed by atoms with Crippen LogP contribution in [0.25, 0.3) is 0 Å². The lowest BCUT2D eigenvalue weighted by Gasteiger charge is -2.38. The third kappa shape index (κ3) is 4.75. The van der Waals surface area contributed by atoms with E-state index in [-0.39, 0.29) is 40.4 Å². The first-order valence-corrected chi connectivity index (χ1v) is 14.8. The smallest absolute Gasteiger partial charge is 0.211 e. The number of carbonyl (C=O) groups excluding carboxylic acids is 2. The molecule has 0 spiro atoms. The predicted octanol–water partition coefficient (Wildman–Crippen LogP) is 7.92. The highest BCUT2D eigenvalue weighted by Crippen LogP contribution is 2.67. The molecule has 0 heterocycles. The van der Waals surface area contributed by atoms with E-state index in [9.17, 15) is 9.59 Å². The molecule has 2 aliphatic carbocycles. The van der Waals surface area contributed by atoms with Crippen molar-refractivity contribution in [2.45, 2.75) is 45.7 Å². The van der Waals surface area contributed by atoms with Gasteiger partial charge in [0, 0.05) is 22.3 Å². The second-order valence-electron chi connectivity index (χ2n) is 12.3. The summed E-state index contributed by atoms with van der Waals surface area (Å²) in [5.74, 6) is 0.0265. The van der Waals surface area contributed by atoms with Gasteiger partial charge < -0.3 is 0 Å². The Hall–Kier alpha value is -4.44. The zero-order valence-corrected chi connectivity index (χ0v) is 24.4. The number of rotatable bonds is 8. The highest BCUT2D eigenvalue weighted by atomic mass is 16.1. The summed E-state index contributed by atoms with van der Waals surface area (Å²) in [5.41, 5.74) is 3.44. The van der Waals surface area contributed by atoms with Crippen molar-refractivity contribution in [3.63, 3.8) is 0 Å². The van der Waals surface area contributed by atoms with Crippen molar-refractivity contribution in [2.75, 3.05) is 0 Å². The molecule has 0 N–H and O–H groups in total. The topological polar surface area (TPSA) is 58.9 Å². The fourth-order valence-corrected chi connectivity index (χ4v) is 7.13. The summed E-state index contributed by atoms with van der Waals surface area (Å²) < 4.78 is 0.